The number of imidazole rings is 1. The van der Waals surface area contributed by atoms with Crippen LogP contribution in [0.5, 0.6) is 0 Å². The van der Waals surface area contributed by atoms with Crippen molar-refractivity contribution in [2.45, 2.75) is 39.3 Å². The molecule has 0 amide bonds. The predicted molar refractivity (Wildman–Crippen MR) is 61.3 cm³/mol. The molecule has 0 saturated carbocycles. The van der Waals surface area contributed by atoms with E-state index in [2.05, 4.69) is 16.9 Å². The lowest BCUT2D eigenvalue weighted by molar-refractivity contribution is -0.141. The highest BCUT2D eigenvalue weighted by Gasteiger charge is 2.33. The summed E-state index contributed by atoms with van der Waals surface area (Å²) in [6.07, 6.45) is -0.214. The van der Waals surface area contributed by atoms with Crippen molar-refractivity contribution >= 4 is 5.78 Å². The summed E-state index contributed by atoms with van der Waals surface area (Å²) in [5, 5.41) is 0. The minimum atomic E-state index is -4.43. The summed E-state index contributed by atoms with van der Waals surface area (Å²) in [5.74, 6) is 0.119. The van der Waals surface area contributed by atoms with Crippen LogP contribution >= 0.6 is 0 Å². The number of hydrogen-bond acceptors (Lipinski definition) is 2. The van der Waals surface area contributed by atoms with E-state index in [4.69, 9.17) is 0 Å². The van der Waals surface area contributed by atoms with Crippen LogP contribution in [0, 0.1) is 6.92 Å². The van der Waals surface area contributed by atoms with Gasteiger partial charge in [-0.15, -0.1) is 0 Å². The van der Waals surface area contributed by atoms with Crippen LogP contribution in [0.1, 0.15) is 36.8 Å². The molecule has 2 aromatic heterocycles. The highest BCUT2D eigenvalue weighted by molar-refractivity contribution is 5.37. The zero-order valence-electron chi connectivity index (χ0n) is 10.3. The summed E-state index contributed by atoms with van der Waals surface area (Å²) < 4.78 is 39.2. The van der Waals surface area contributed by atoms with Crippen molar-refractivity contribution in [1.82, 2.24) is 14.4 Å². The van der Waals surface area contributed by atoms with E-state index in [1.54, 1.807) is 11.3 Å². The molecule has 0 fully saturated rings. The molecule has 0 unspecified atom stereocenters. The molecular formula is C12H14F3N3. The van der Waals surface area contributed by atoms with Gasteiger partial charge in [-0.3, -0.25) is 4.40 Å². The summed E-state index contributed by atoms with van der Waals surface area (Å²) in [6, 6.07) is 0.990. The third-order valence-electron chi connectivity index (χ3n) is 2.85. The third-order valence-corrected chi connectivity index (χ3v) is 2.85. The average molecular weight is 257 g/mol. The minimum absolute atomic E-state index is 0.119. The number of fused-ring (bicyclic) bond motifs is 1. The third kappa shape index (κ3) is 2.32. The van der Waals surface area contributed by atoms with Gasteiger partial charge in [0.1, 0.15) is 5.69 Å². The van der Waals surface area contributed by atoms with Crippen LogP contribution in [-0.2, 0) is 12.6 Å². The van der Waals surface area contributed by atoms with Crippen LogP contribution in [0.4, 0.5) is 13.2 Å². The van der Waals surface area contributed by atoms with E-state index < -0.39 is 11.9 Å². The number of alkyl halides is 3. The molecule has 3 nitrogen and oxygen atoms in total. The first kappa shape index (κ1) is 12.9. The van der Waals surface area contributed by atoms with Crippen LogP contribution in [0.15, 0.2) is 12.3 Å². The molecule has 2 aromatic rings. The maximum absolute atomic E-state index is 12.5. The van der Waals surface area contributed by atoms with Crippen molar-refractivity contribution in [3.63, 3.8) is 0 Å². The van der Waals surface area contributed by atoms with Gasteiger partial charge < -0.3 is 0 Å². The van der Waals surface area contributed by atoms with Gasteiger partial charge in [0.15, 0.2) is 0 Å². The number of nitrogens with zero attached hydrogens (tertiary/aromatic N) is 3. The fourth-order valence-electron chi connectivity index (χ4n) is 1.89. The molecule has 0 N–H and O–H groups in total. The molecule has 0 aliphatic rings. The van der Waals surface area contributed by atoms with Crippen LogP contribution < -0.4 is 0 Å². The minimum Gasteiger partial charge on any atom is -0.288 e. The van der Waals surface area contributed by atoms with Gasteiger partial charge in [0, 0.05) is 11.9 Å². The lowest BCUT2D eigenvalue weighted by Gasteiger charge is -2.06. The van der Waals surface area contributed by atoms with Crippen LogP contribution in [0.25, 0.3) is 5.78 Å². The molecular weight excluding hydrogens is 243 g/mol. The van der Waals surface area contributed by atoms with Gasteiger partial charge in [-0.2, -0.15) is 13.2 Å². The van der Waals surface area contributed by atoms with Crippen molar-refractivity contribution in [2.75, 3.05) is 0 Å². The second-order valence-corrected chi connectivity index (χ2v) is 4.23. The van der Waals surface area contributed by atoms with Crippen molar-refractivity contribution in [1.29, 1.82) is 0 Å². The van der Waals surface area contributed by atoms with Gasteiger partial charge in [-0.25, -0.2) is 9.97 Å². The fourth-order valence-corrected chi connectivity index (χ4v) is 1.89. The quantitative estimate of drug-likeness (QED) is 0.843. The van der Waals surface area contributed by atoms with Gasteiger partial charge in [-0.05, 0) is 25.8 Å². The van der Waals surface area contributed by atoms with Crippen LogP contribution in [-0.4, -0.2) is 14.4 Å². The smallest absolute Gasteiger partial charge is 0.288 e. The predicted octanol–water partition coefficient (Wildman–Crippen LogP) is 3.40. The molecule has 6 heteroatoms. The SMILES string of the molecule is CCCCc1c(C)nc2nc(C(F)(F)F)ccn12. The maximum Gasteiger partial charge on any atom is 0.433 e. The highest BCUT2D eigenvalue weighted by Crippen LogP contribution is 2.28. The maximum atomic E-state index is 12.5. The molecule has 0 bridgehead atoms. The number of unbranched alkanes of at least 4 members (excludes halogenated alkanes) is 1. The van der Waals surface area contributed by atoms with E-state index in [0.717, 1.165) is 36.7 Å². The number of halogens is 3. The van der Waals surface area contributed by atoms with Gasteiger partial charge in [0.05, 0.1) is 5.69 Å². The Labute approximate surface area is 103 Å². The molecule has 0 saturated heterocycles. The Morgan fingerprint density at radius 2 is 2.00 bits per heavy atom. The zero-order valence-corrected chi connectivity index (χ0v) is 10.3. The number of hydrogen-bond donors (Lipinski definition) is 0. The number of rotatable bonds is 3. The van der Waals surface area contributed by atoms with Crippen LogP contribution in [0.3, 0.4) is 0 Å². The number of aromatic nitrogens is 3. The van der Waals surface area contributed by atoms with Gasteiger partial charge in [0.25, 0.3) is 0 Å². The Morgan fingerprint density at radius 3 is 2.61 bits per heavy atom. The Hall–Kier alpha value is -1.59. The largest absolute Gasteiger partial charge is 0.433 e. The lowest BCUT2D eigenvalue weighted by Crippen LogP contribution is -2.09. The first-order valence-electron chi connectivity index (χ1n) is 5.85. The van der Waals surface area contributed by atoms with Gasteiger partial charge in [-0.1, -0.05) is 13.3 Å². The molecule has 0 aromatic carbocycles. The van der Waals surface area contributed by atoms with E-state index in [1.807, 2.05) is 0 Å². The second-order valence-electron chi connectivity index (χ2n) is 4.23. The van der Waals surface area contributed by atoms with E-state index in [9.17, 15) is 13.2 Å². The van der Waals surface area contributed by atoms with E-state index >= 15 is 0 Å². The molecule has 0 radical (unpaired) electrons. The Morgan fingerprint density at radius 1 is 1.28 bits per heavy atom. The van der Waals surface area contributed by atoms with Crippen molar-refractivity contribution in [3.8, 4) is 0 Å². The fraction of sp³-hybridized carbons (Fsp3) is 0.500. The first-order chi connectivity index (χ1) is 8.43. The van der Waals surface area contributed by atoms with Gasteiger partial charge >= 0.3 is 6.18 Å². The van der Waals surface area contributed by atoms with E-state index in [-0.39, 0.29) is 5.78 Å². The summed E-state index contributed by atoms with van der Waals surface area (Å²) in [7, 11) is 0. The van der Waals surface area contributed by atoms with Gasteiger partial charge in [0.2, 0.25) is 5.78 Å². The van der Waals surface area contributed by atoms with E-state index in [0.29, 0.717) is 0 Å². The van der Waals surface area contributed by atoms with Crippen LogP contribution in [0.2, 0.25) is 0 Å². The van der Waals surface area contributed by atoms with Crippen molar-refractivity contribution in [3.05, 3.63) is 29.3 Å². The number of aryl methyl sites for hydroxylation is 2. The van der Waals surface area contributed by atoms with Crippen molar-refractivity contribution in [2.24, 2.45) is 0 Å². The Balaban J connectivity index is 2.48. The zero-order chi connectivity index (χ0) is 13.3. The molecule has 0 aliphatic heterocycles. The first-order valence-corrected chi connectivity index (χ1v) is 5.85. The molecule has 0 aliphatic carbocycles. The van der Waals surface area contributed by atoms with Crippen molar-refractivity contribution < 1.29 is 13.2 Å². The monoisotopic (exact) mass is 257 g/mol. The topological polar surface area (TPSA) is 30.2 Å². The standard InChI is InChI=1S/C12H14F3N3/c1-3-4-5-9-8(2)16-11-17-10(12(13,14)15)6-7-18(9)11/h6-7H,3-5H2,1-2H3. The molecule has 0 atom stereocenters. The highest BCUT2D eigenvalue weighted by atomic mass is 19.4. The second kappa shape index (κ2) is 4.59. The Bertz CT molecular complexity index is 557. The molecule has 0 spiro atoms. The summed E-state index contributed by atoms with van der Waals surface area (Å²) in [6.45, 7) is 3.87. The molecule has 2 heterocycles. The summed E-state index contributed by atoms with van der Waals surface area (Å²) in [4.78, 5) is 7.65. The molecule has 18 heavy (non-hydrogen) atoms. The molecule has 98 valence electrons. The average Bonchev–Trinajstić information content (AvgIpc) is 2.60. The summed E-state index contributed by atoms with van der Waals surface area (Å²) in [5.41, 5.74) is 0.783. The normalized spacial score (nSPS) is 12.3. The molecule has 2 rings (SSSR count). The summed E-state index contributed by atoms with van der Waals surface area (Å²) >= 11 is 0. The lowest BCUT2D eigenvalue weighted by atomic mass is 10.2. The van der Waals surface area contributed by atoms with E-state index in [1.165, 1.54) is 6.20 Å². The Kier molecular flexibility index (Phi) is 3.28.